The van der Waals surface area contributed by atoms with E-state index in [-0.39, 0.29) is 6.10 Å². The van der Waals surface area contributed by atoms with Crippen LogP contribution in [0.3, 0.4) is 0 Å². The zero-order chi connectivity index (χ0) is 13.7. The molecule has 3 aliphatic rings. The molecule has 0 aliphatic heterocycles. The van der Waals surface area contributed by atoms with E-state index in [1.807, 2.05) is 0 Å². The van der Waals surface area contributed by atoms with E-state index in [0.717, 1.165) is 18.4 Å². The van der Waals surface area contributed by atoms with Gasteiger partial charge in [-0.15, -0.1) is 0 Å². The number of aliphatic hydroxyl groups excluding tert-OH is 1. The smallest absolute Gasteiger partial charge is 0.0948 e. The summed E-state index contributed by atoms with van der Waals surface area (Å²) in [4.78, 5) is 2.66. The molecule has 2 saturated carbocycles. The molecule has 3 unspecified atom stereocenters. The first-order valence-electron chi connectivity index (χ1n) is 8.26. The van der Waals surface area contributed by atoms with Gasteiger partial charge in [-0.25, -0.2) is 0 Å². The summed E-state index contributed by atoms with van der Waals surface area (Å²) >= 11 is 0. The highest BCUT2D eigenvalue weighted by molar-refractivity contribution is 5.35. The lowest BCUT2D eigenvalue weighted by atomic mass is 9.78. The highest BCUT2D eigenvalue weighted by Crippen LogP contribution is 2.44. The molecule has 0 bridgehead atoms. The van der Waals surface area contributed by atoms with E-state index in [2.05, 4.69) is 36.1 Å². The second kappa shape index (κ2) is 4.85. The Kier molecular flexibility index (Phi) is 3.12. The lowest BCUT2D eigenvalue weighted by Crippen LogP contribution is -2.45. The van der Waals surface area contributed by atoms with Crippen LogP contribution in [-0.4, -0.2) is 28.6 Å². The van der Waals surface area contributed by atoms with Crippen molar-refractivity contribution in [3.63, 3.8) is 0 Å². The summed E-state index contributed by atoms with van der Waals surface area (Å²) in [5, 5.41) is 10.9. The normalized spacial score (nSPS) is 33.2. The molecule has 4 rings (SSSR count). The van der Waals surface area contributed by atoms with E-state index >= 15 is 0 Å². The van der Waals surface area contributed by atoms with Crippen molar-refractivity contribution in [2.24, 2.45) is 5.92 Å². The van der Waals surface area contributed by atoms with Gasteiger partial charge in [0, 0.05) is 18.6 Å². The van der Waals surface area contributed by atoms with Gasteiger partial charge in [0.1, 0.15) is 0 Å². The summed E-state index contributed by atoms with van der Waals surface area (Å²) in [6.07, 6.45) is 6.30. The zero-order valence-electron chi connectivity index (χ0n) is 12.3. The quantitative estimate of drug-likeness (QED) is 0.906. The Bertz CT molecular complexity index is 492. The third kappa shape index (κ3) is 2.29. The van der Waals surface area contributed by atoms with Gasteiger partial charge in [-0.1, -0.05) is 31.2 Å². The topological polar surface area (TPSA) is 23.5 Å². The average Bonchev–Trinajstić information content (AvgIpc) is 3.34. The van der Waals surface area contributed by atoms with Gasteiger partial charge in [0.2, 0.25) is 0 Å². The van der Waals surface area contributed by atoms with Crippen molar-refractivity contribution in [1.82, 2.24) is 4.90 Å². The van der Waals surface area contributed by atoms with E-state index in [0.29, 0.717) is 12.0 Å². The van der Waals surface area contributed by atoms with Crippen molar-refractivity contribution in [3.8, 4) is 0 Å². The number of fused-ring (bicyclic) bond motifs is 1. The molecule has 3 atom stereocenters. The molecule has 2 heteroatoms. The first-order chi connectivity index (χ1) is 9.74. The predicted molar refractivity (Wildman–Crippen MR) is 80.7 cm³/mol. The largest absolute Gasteiger partial charge is 0.387 e. The van der Waals surface area contributed by atoms with E-state index in [1.165, 1.54) is 43.4 Å². The van der Waals surface area contributed by atoms with E-state index in [1.54, 1.807) is 0 Å². The summed E-state index contributed by atoms with van der Waals surface area (Å²) in [6.45, 7) is 3.54. The van der Waals surface area contributed by atoms with Crippen molar-refractivity contribution in [1.29, 1.82) is 0 Å². The summed E-state index contributed by atoms with van der Waals surface area (Å²) in [7, 11) is 0. The number of benzene rings is 1. The molecule has 0 aromatic heterocycles. The Balaban J connectivity index is 1.61. The Morgan fingerprint density at radius 1 is 1.10 bits per heavy atom. The predicted octanol–water partition coefficient (Wildman–Crippen LogP) is 3.47. The van der Waals surface area contributed by atoms with Crippen LogP contribution in [0, 0.1) is 5.92 Å². The highest BCUT2D eigenvalue weighted by Gasteiger charge is 2.43. The number of nitrogens with zero attached hydrogens (tertiary/aromatic N) is 1. The van der Waals surface area contributed by atoms with Crippen molar-refractivity contribution >= 4 is 0 Å². The van der Waals surface area contributed by atoms with E-state index in [9.17, 15) is 5.11 Å². The fraction of sp³-hybridized carbons (Fsp3) is 0.667. The molecular weight excluding hydrogens is 246 g/mol. The monoisotopic (exact) mass is 271 g/mol. The first kappa shape index (κ1) is 12.8. The van der Waals surface area contributed by atoms with Crippen LogP contribution >= 0.6 is 0 Å². The van der Waals surface area contributed by atoms with Crippen LogP contribution in [0.15, 0.2) is 24.3 Å². The Morgan fingerprint density at radius 3 is 2.45 bits per heavy atom. The van der Waals surface area contributed by atoms with Crippen LogP contribution < -0.4 is 0 Å². The number of hydrogen-bond donors (Lipinski definition) is 1. The molecule has 0 radical (unpaired) electrons. The van der Waals surface area contributed by atoms with Crippen LogP contribution in [0.25, 0.3) is 0 Å². The Hall–Kier alpha value is -0.860. The molecule has 0 spiro atoms. The fourth-order valence-corrected chi connectivity index (χ4v) is 3.93. The molecule has 0 heterocycles. The summed E-state index contributed by atoms with van der Waals surface area (Å²) in [5.74, 6) is 1.48. The van der Waals surface area contributed by atoms with Crippen LogP contribution in [0.2, 0.25) is 0 Å². The molecular formula is C18H25NO. The van der Waals surface area contributed by atoms with Crippen LogP contribution in [-0.2, 0) is 0 Å². The molecule has 2 fully saturated rings. The fourth-order valence-electron chi connectivity index (χ4n) is 3.93. The van der Waals surface area contributed by atoms with Crippen molar-refractivity contribution in [2.45, 2.75) is 63.1 Å². The van der Waals surface area contributed by atoms with Gasteiger partial charge >= 0.3 is 0 Å². The molecule has 1 aromatic carbocycles. The maximum Gasteiger partial charge on any atom is 0.0948 e. The van der Waals surface area contributed by atoms with E-state index < -0.39 is 0 Å². The van der Waals surface area contributed by atoms with Gasteiger partial charge in [0.05, 0.1) is 6.10 Å². The zero-order valence-corrected chi connectivity index (χ0v) is 12.3. The van der Waals surface area contributed by atoms with Gasteiger partial charge in [-0.2, -0.15) is 0 Å². The summed E-state index contributed by atoms with van der Waals surface area (Å²) in [5.41, 5.74) is 2.54. The lowest BCUT2D eigenvalue weighted by Gasteiger charge is -2.41. The Morgan fingerprint density at radius 2 is 1.80 bits per heavy atom. The maximum atomic E-state index is 10.9. The van der Waals surface area contributed by atoms with Gasteiger partial charge in [-0.3, -0.25) is 4.90 Å². The molecule has 0 saturated heterocycles. The second-order valence-corrected chi connectivity index (χ2v) is 7.15. The van der Waals surface area contributed by atoms with Crippen molar-refractivity contribution in [3.05, 3.63) is 35.4 Å². The van der Waals surface area contributed by atoms with Crippen molar-refractivity contribution < 1.29 is 5.11 Å². The maximum absolute atomic E-state index is 10.9. The lowest BCUT2D eigenvalue weighted by molar-refractivity contribution is 0.0237. The summed E-state index contributed by atoms with van der Waals surface area (Å²) < 4.78 is 0. The summed E-state index contributed by atoms with van der Waals surface area (Å²) in [6, 6.07) is 9.60. The average molecular weight is 271 g/mol. The minimum Gasteiger partial charge on any atom is -0.387 e. The van der Waals surface area contributed by atoms with Crippen molar-refractivity contribution in [2.75, 3.05) is 6.54 Å². The number of hydrogen-bond acceptors (Lipinski definition) is 2. The SMILES string of the molecule is CC1CC(N(CC2CC2)C2CC2)C(O)c2ccccc21. The second-order valence-electron chi connectivity index (χ2n) is 7.15. The number of aliphatic hydroxyl groups is 1. The highest BCUT2D eigenvalue weighted by atomic mass is 16.3. The van der Waals surface area contributed by atoms with Gasteiger partial charge in [0.25, 0.3) is 0 Å². The number of rotatable bonds is 4. The van der Waals surface area contributed by atoms with E-state index in [4.69, 9.17) is 0 Å². The molecule has 1 aromatic rings. The molecule has 0 amide bonds. The molecule has 1 N–H and O–H groups in total. The third-order valence-electron chi connectivity index (χ3n) is 5.41. The van der Waals surface area contributed by atoms with Gasteiger partial charge in [-0.05, 0) is 55.1 Å². The first-order valence-corrected chi connectivity index (χ1v) is 8.26. The Labute approximate surface area is 121 Å². The van der Waals surface area contributed by atoms with Crippen LogP contribution in [0.5, 0.6) is 0 Å². The minimum absolute atomic E-state index is 0.290. The molecule has 3 aliphatic carbocycles. The van der Waals surface area contributed by atoms with Gasteiger partial charge < -0.3 is 5.11 Å². The third-order valence-corrected chi connectivity index (χ3v) is 5.41. The van der Waals surface area contributed by atoms with Crippen LogP contribution in [0.1, 0.15) is 62.2 Å². The standard InChI is InChI=1S/C18H25NO/c1-12-10-17(18(20)16-5-3-2-4-15(12)16)19(14-8-9-14)11-13-6-7-13/h2-5,12-14,17-18,20H,6-11H2,1H3. The minimum atomic E-state index is -0.290. The van der Waals surface area contributed by atoms with Crippen LogP contribution in [0.4, 0.5) is 0 Å². The molecule has 2 nitrogen and oxygen atoms in total. The molecule has 20 heavy (non-hydrogen) atoms. The van der Waals surface area contributed by atoms with Gasteiger partial charge in [0.15, 0.2) is 0 Å². The molecule has 108 valence electrons.